The minimum atomic E-state index is 0.133. The number of aromatic amines is 1. The third kappa shape index (κ3) is 2.61. The van der Waals surface area contributed by atoms with Crippen LogP contribution in [0.25, 0.3) is 11.0 Å². The van der Waals surface area contributed by atoms with Crippen molar-refractivity contribution >= 4 is 28.6 Å². The lowest BCUT2D eigenvalue weighted by molar-refractivity contribution is 0.102. The number of para-hydroxylation sites is 2. The van der Waals surface area contributed by atoms with Gasteiger partial charge in [-0.25, -0.2) is 4.98 Å². The van der Waals surface area contributed by atoms with Crippen molar-refractivity contribution in [1.29, 1.82) is 0 Å². The monoisotopic (exact) mass is 299 g/mol. The van der Waals surface area contributed by atoms with Crippen molar-refractivity contribution in [2.45, 2.75) is 19.0 Å². The number of nitrogens with one attached hydrogen (secondary N) is 1. The molecular weight excluding hydrogens is 282 g/mol. The van der Waals surface area contributed by atoms with E-state index in [9.17, 15) is 4.79 Å². The second-order valence-electron chi connectivity index (χ2n) is 5.14. The minimum Gasteiger partial charge on any atom is -0.362 e. The Kier molecular flexibility index (Phi) is 3.59. The largest absolute Gasteiger partial charge is 0.362 e. The molecular formula is C16H17N3OS. The normalized spacial score (nSPS) is 11.2. The molecule has 3 rings (SSSR count). The van der Waals surface area contributed by atoms with Crippen LogP contribution in [0.15, 0.2) is 35.5 Å². The molecule has 2 aromatic heterocycles. The van der Waals surface area contributed by atoms with Gasteiger partial charge in [-0.3, -0.25) is 4.79 Å². The van der Waals surface area contributed by atoms with Gasteiger partial charge < -0.3 is 9.55 Å². The van der Waals surface area contributed by atoms with Crippen LogP contribution in [-0.2, 0) is 7.05 Å². The van der Waals surface area contributed by atoms with Gasteiger partial charge in [0.1, 0.15) is 0 Å². The first kappa shape index (κ1) is 13.9. The number of aromatic nitrogens is 3. The van der Waals surface area contributed by atoms with E-state index in [1.165, 1.54) is 11.8 Å². The summed E-state index contributed by atoms with van der Waals surface area (Å²) < 4.78 is 2.03. The van der Waals surface area contributed by atoms with E-state index < -0.39 is 0 Å². The molecule has 3 aromatic rings. The van der Waals surface area contributed by atoms with E-state index in [0.717, 1.165) is 33.1 Å². The van der Waals surface area contributed by atoms with Crippen molar-refractivity contribution < 1.29 is 4.79 Å². The third-order valence-corrected chi connectivity index (χ3v) is 4.56. The number of Topliss-reactive ketones (excluding diaryl/α,β-unsaturated/α-hetero) is 1. The van der Waals surface area contributed by atoms with Crippen molar-refractivity contribution in [3.05, 3.63) is 47.3 Å². The number of fused-ring (bicyclic) bond motifs is 1. The van der Waals surface area contributed by atoms with Crippen molar-refractivity contribution in [3.8, 4) is 0 Å². The summed E-state index contributed by atoms with van der Waals surface area (Å²) in [4.78, 5) is 20.0. The van der Waals surface area contributed by atoms with Gasteiger partial charge in [-0.15, -0.1) is 0 Å². The highest BCUT2D eigenvalue weighted by Gasteiger charge is 2.14. The first-order valence-electron chi connectivity index (χ1n) is 6.80. The second kappa shape index (κ2) is 5.41. The molecule has 0 unspecified atom stereocenters. The van der Waals surface area contributed by atoms with Crippen molar-refractivity contribution in [3.63, 3.8) is 0 Å². The fourth-order valence-electron chi connectivity index (χ4n) is 2.47. The number of nitrogens with zero attached hydrogens (tertiary/aromatic N) is 2. The number of H-pyrrole nitrogens is 1. The standard InChI is InChI=1S/C16H17N3OS/c1-10-8-12(11(2)17-10)15(20)9-21-16-18-13-6-4-5-7-14(13)19(16)3/h4-8,17H,9H2,1-3H3. The van der Waals surface area contributed by atoms with E-state index in [-0.39, 0.29) is 5.78 Å². The molecule has 0 saturated carbocycles. The quantitative estimate of drug-likeness (QED) is 0.592. The number of carbonyl (C=O) groups is 1. The van der Waals surface area contributed by atoms with E-state index in [4.69, 9.17) is 0 Å². The predicted molar refractivity (Wildman–Crippen MR) is 86.0 cm³/mol. The maximum Gasteiger partial charge on any atom is 0.174 e. The molecule has 0 aliphatic heterocycles. The lowest BCUT2D eigenvalue weighted by Gasteiger charge is -2.02. The first-order valence-corrected chi connectivity index (χ1v) is 7.78. The number of thioether (sulfide) groups is 1. The maximum atomic E-state index is 12.3. The molecule has 1 aromatic carbocycles. The zero-order chi connectivity index (χ0) is 15.0. The van der Waals surface area contributed by atoms with Crippen LogP contribution >= 0.6 is 11.8 Å². The molecule has 4 nitrogen and oxygen atoms in total. The van der Waals surface area contributed by atoms with Crippen LogP contribution in [-0.4, -0.2) is 26.1 Å². The number of hydrogen-bond acceptors (Lipinski definition) is 3. The Hall–Kier alpha value is -2.01. The van der Waals surface area contributed by atoms with Crippen LogP contribution in [0.2, 0.25) is 0 Å². The van der Waals surface area contributed by atoms with Crippen LogP contribution in [0.4, 0.5) is 0 Å². The van der Waals surface area contributed by atoms with E-state index in [2.05, 4.69) is 9.97 Å². The minimum absolute atomic E-state index is 0.133. The summed E-state index contributed by atoms with van der Waals surface area (Å²) in [6.07, 6.45) is 0. The Morgan fingerprint density at radius 2 is 2.10 bits per heavy atom. The topological polar surface area (TPSA) is 50.7 Å². The highest BCUT2D eigenvalue weighted by atomic mass is 32.2. The Balaban J connectivity index is 1.79. The molecule has 21 heavy (non-hydrogen) atoms. The van der Waals surface area contributed by atoms with Gasteiger partial charge in [0, 0.05) is 24.0 Å². The molecule has 0 aliphatic carbocycles. The van der Waals surface area contributed by atoms with Crippen LogP contribution in [0.5, 0.6) is 0 Å². The van der Waals surface area contributed by atoms with Crippen molar-refractivity contribution in [2.75, 3.05) is 5.75 Å². The highest BCUT2D eigenvalue weighted by molar-refractivity contribution is 7.99. The van der Waals surface area contributed by atoms with E-state index in [0.29, 0.717) is 5.75 Å². The SMILES string of the molecule is Cc1cc(C(=O)CSc2nc3ccccc3n2C)c(C)[nH]1. The molecule has 0 atom stereocenters. The van der Waals surface area contributed by atoms with Gasteiger partial charge in [-0.1, -0.05) is 23.9 Å². The van der Waals surface area contributed by atoms with Gasteiger partial charge in [0.15, 0.2) is 10.9 Å². The lowest BCUT2D eigenvalue weighted by Crippen LogP contribution is -2.04. The number of carbonyl (C=O) groups excluding carboxylic acids is 1. The van der Waals surface area contributed by atoms with Crippen LogP contribution in [0.1, 0.15) is 21.7 Å². The molecule has 108 valence electrons. The summed E-state index contributed by atoms with van der Waals surface area (Å²) in [5.74, 6) is 0.531. The molecule has 0 radical (unpaired) electrons. The zero-order valence-corrected chi connectivity index (χ0v) is 13.1. The number of rotatable bonds is 4. The Morgan fingerprint density at radius 1 is 1.33 bits per heavy atom. The average molecular weight is 299 g/mol. The van der Waals surface area contributed by atoms with Gasteiger partial charge in [-0.05, 0) is 32.0 Å². The average Bonchev–Trinajstić information content (AvgIpc) is 2.97. The molecule has 1 N–H and O–H groups in total. The third-order valence-electron chi connectivity index (χ3n) is 3.53. The number of imidazole rings is 1. The smallest absolute Gasteiger partial charge is 0.174 e. The summed E-state index contributed by atoms with van der Waals surface area (Å²) in [6, 6.07) is 9.90. The van der Waals surface area contributed by atoms with Gasteiger partial charge in [0.2, 0.25) is 0 Å². The zero-order valence-electron chi connectivity index (χ0n) is 12.3. The lowest BCUT2D eigenvalue weighted by atomic mass is 10.2. The number of benzene rings is 1. The second-order valence-corrected chi connectivity index (χ2v) is 6.09. The van der Waals surface area contributed by atoms with Crippen LogP contribution in [0.3, 0.4) is 0 Å². The van der Waals surface area contributed by atoms with Gasteiger partial charge in [0.25, 0.3) is 0 Å². The molecule has 0 fully saturated rings. The first-order chi connectivity index (χ1) is 10.1. The van der Waals surface area contributed by atoms with Gasteiger partial charge in [0.05, 0.1) is 16.8 Å². The molecule has 0 amide bonds. The molecule has 0 aliphatic rings. The summed E-state index contributed by atoms with van der Waals surface area (Å²) in [6.45, 7) is 3.89. The van der Waals surface area contributed by atoms with Gasteiger partial charge in [-0.2, -0.15) is 0 Å². The Labute approximate surface area is 127 Å². The highest BCUT2D eigenvalue weighted by Crippen LogP contribution is 2.24. The predicted octanol–water partition coefficient (Wildman–Crippen LogP) is 3.49. The van der Waals surface area contributed by atoms with Crippen molar-refractivity contribution in [1.82, 2.24) is 14.5 Å². The van der Waals surface area contributed by atoms with E-state index in [1.807, 2.05) is 55.8 Å². The Bertz CT molecular complexity index is 816. The maximum absolute atomic E-state index is 12.3. The molecule has 2 heterocycles. The molecule has 0 bridgehead atoms. The van der Waals surface area contributed by atoms with Gasteiger partial charge >= 0.3 is 0 Å². The van der Waals surface area contributed by atoms with E-state index >= 15 is 0 Å². The molecule has 0 spiro atoms. The number of ketones is 1. The molecule has 0 saturated heterocycles. The van der Waals surface area contributed by atoms with Crippen molar-refractivity contribution in [2.24, 2.45) is 7.05 Å². The number of aryl methyl sites for hydroxylation is 3. The fourth-order valence-corrected chi connectivity index (χ4v) is 3.34. The Morgan fingerprint density at radius 3 is 2.76 bits per heavy atom. The fraction of sp³-hybridized carbons (Fsp3) is 0.250. The van der Waals surface area contributed by atoms with E-state index in [1.54, 1.807) is 0 Å². The summed E-state index contributed by atoms with van der Waals surface area (Å²) in [5, 5.41) is 0.870. The summed E-state index contributed by atoms with van der Waals surface area (Å²) >= 11 is 1.48. The summed E-state index contributed by atoms with van der Waals surface area (Å²) in [5.41, 5.74) is 4.77. The van der Waals surface area contributed by atoms with Crippen LogP contribution < -0.4 is 0 Å². The summed E-state index contributed by atoms with van der Waals surface area (Å²) in [7, 11) is 1.98. The number of hydrogen-bond donors (Lipinski definition) is 1. The molecule has 5 heteroatoms. The van der Waals surface area contributed by atoms with Crippen LogP contribution in [0, 0.1) is 13.8 Å².